The number of anilines is 2. The summed E-state index contributed by atoms with van der Waals surface area (Å²) >= 11 is 0. The molecule has 0 fully saturated rings. The van der Waals surface area contributed by atoms with Gasteiger partial charge in [-0.15, -0.1) is 0 Å². The maximum absolute atomic E-state index is 5.51. The van der Waals surface area contributed by atoms with Crippen LogP contribution in [0.4, 0.5) is 11.6 Å². The highest BCUT2D eigenvalue weighted by atomic mass is 15.0. The summed E-state index contributed by atoms with van der Waals surface area (Å²) in [6.07, 6.45) is 0.934. The van der Waals surface area contributed by atoms with Gasteiger partial charge in [0.1, 0.15) is 0 Å². The zero-order chi connectivity index (χ0) is 10.6. The van der Waals surface area contributed by atoms with Gasteiger partial charge in [0.15, 0.2) is 0 Å². The normalized spacial score (nSPS) is 10.2. The smallest absolute Gasteiger partial charge is 0.220 e. The van der Waals surface area contributed by atoms with Crippen molar-refractivity contribution in [3.63, 3.8) is 0 Å². The summed E-state index contributed by atoms with van der Waals surface area (Å²) in [7, 11) is 0. The van der Waals surface area contributed by atoms with Crippen molar-refractivity contribution in [3.05, 3.63) is 11.4 Å². The molecule has 0 aliphatic heterocycles. The zero-order valence-electron chi connectivity index (χ0n) is 8.67. The summed E-state index contributed by atoms with van der Waals surface area (Å²) in [6, 6.07) is 0. The molecule has 78 valence electrons. The maximum Gasteiger partial charge on any atom is 0.220 e. The van der Waals surface area contributed by atoms with Gasteiger partial charge in [-0.25, -0.2) is 9.97 Å². The van der Waals surface area contributed by atoms with E-state index < -0.39 is 0 Å². The molecule has 0 atom stereocenters. The molecule has 1 aromatic heterocycles. The summed E-state index contributed by atoms with van der Waals surface area (Å²) in [6.45, 7) is 5.35. The Labute approximate surface area is 83.9 Å². The number of nitrogens with two attached hydrogens (primary N) is 2. The minimum Gasteiger partial charge on any atom is -0.382 e. The summed E-state index contributed by atoms with van der Waals surface area (Å²) < 4.78 is 0. The Hall–Kier alpha value is -1.36. The Bertz CT molecular complexity index is 287. The summed E-state index contributed by atoms with van der Waals surface area (Å²) in [5, 5.41) is 3.25. The summed E-state index contributed by atoms with van der Waals surface area (Å²) in [5.41, 5.74) is 13.6. The number of aryl methyl sites for hydroxylation is 2. The monoisotopic (exact) mass is 195 g/mol. The third-order valence-corrected chi connectivity index (χ3v) is 1.97. The highest BCUT2D eigenvalue weighted by molar-refractivity contribution is 5.53. The third kappa shape index (κ3) is 2.56. The second-order valence-electron chi connectivity index (χ2n) is 3.20. The molecule has 0 aliphatic rings. The molecule has 5 nitrogen and oxygen atoms in total. The molecule has 0 radical (unpaired) electrons. The highest BCUT2D eigenvalue weighted by Crippen LogP contribution is 2.16. The SMILES string of the molecule is Cc1nc(N)nc(C)c1NCCCN. The van der Waals surface area contributed by atoms with Crippen LogP contribution in [0, 0.1) is 13.8 Å². The molecule has 0 aliphatic carbocycles. The Kier molecular flexibility index (Phi) is 3.64. The number of aromatic nitrogens is 2. The van der Waals surface area contributed by atoms with Gasteiger partial charge in [0.2, 0.25) is 5.95 Å². The van der Waals surface area contributed by atoms with Gasteiger partial charge in [-0.2, -0.15) is 0 Å². The molecule has 0 spiro atoms. The van der Waals surface area contributed by atoms with Crippen LogP contribution in [0.15, 0.2) is 0 Å². The van der Waals surface area contributed by atoms with E-state index in [1.165, 1.54) is 0 Å². The van der Waals surface area contributed by atoms with E-state index in [9.17, 15) is 0 Å². The number of nitrogen functional groups attached to an aromatic ring is 1. The number of nitrogens with one attached hydrogen (secondary N) is 1. The first kappa shape index (κ1) is 10.7. The summed E-state index contributed by atoms with van der Waals surface area (Å²) in [4.78, 5) is 8.17. The van der Waals surface area contributed by atoms with E-state index in [-0.39, 0.29) is 0 Å². The first-order chi connectivity index (χ1) is 6.65. The second-order valence-corrected chi connectivity index (χ2v) is 3.20. The van der Waals surface area contributed by atoms with Gasteiger partial charge < -0.3 is 16.8 Å². The van der Waals surface area contributed by atoms with Gasteiger partial charge in [0.25, 0.3) is 0 Å². The topological polar surface area (TPSA) is 89.8 Å². The lowest BCUT2D eigenvalue weighted by Gasteiger charge is -2.11. The molecule has 5 N–H and O–H groups in total. The lowest BCUT2D eigenvalue weighted by atomic mass is 10.2. The average Bonchev–Trinajstić information content (AvgIpc) is 2.09. The van der Waals surface area contributed by atoms with Gasteiger partial charge in [0, 0.05) is 6.54 Å². The van der Waals surface area contributed by atoms with Crippen molar-refractivity contribution in [2.45, 2.75) is 20.3 Å². The lowest BCUT2D eigenvalue weighted by Crippen LogP contribution is -2.12. The van der Waals surface area contributed by atoms with Crippen LogP contribution in [-0.4, -0.2) is 23.1 Å². The van der Waals surface area contributed by atoms with Crippen LogP contribution >= 0.6 is 0 Å². The van der Waals surface area contributed by atoms with Crippen LogP contribution in [0.3, 0.4) is 0 Å². The molecular weight excluding hydrogens is 178 g/mol. The molecule has 0 aromatic carbocycles. The molecular formula is C9H17N5. The van der Waals surface area contributed by atoms with Crippen LogP contribution in [0.1, 0.15) is 17.8 Å². The minimum absolute atomic E-state index is 0.323. The van der Waals surface area contributed by atoms with E-state index in [4.69, 9.17) is 11.5 Å². The average molecular weight is 195 g/mol. The van der Waals surface area contributed by atoms with E-state index in [2.05, 4.69) is 15.3 Å². The van der Waals surface area contributed by atoms with Crippen LogP contribution in [-0.2, 0) is 0 Å². The van der Waals surface area contributed by atoms with Crippen LogP contribution in [0.25, 0.3) is 0 Å². The van der Waals surface area contributed by atoms with Crippen molar-refractivity contribution in [1.82, 2.24) is 9.97 Å². The Morgan fingerprint density at radius 2 is 1.79 bits per heavy atom. The number of rotatable bonds is 4. The minimum atomic E-state index is 0.323. The molecule has 1 aromatic rings. The van der Waals surface area contributed by atoms with Crippen LogP contribution < -0.4 is 16.8 Å². The van der Waals surface area contributed by atoms with Crippen molar-refractivity contribution < 1.29 is 0 Å². The third-order valence-electron chi connectivity index (χ3n) is 1.97. The molecule has 5 heteroatoms. The van der Waals surface area contributed by atoms with Gasteiger partial charge in [0.05, 0.1) is 17.1 Å². The van der Waals surface area contributed by atoms with Crippen molar-refractivity contribution in [2.24, 2.45) is 5.73 Å². The van der Waals surface area contributed by atoms with Crippen LogP contribution in [0.2, 0.25) is 0 Å². The van der Waals surface area contributed by atoms with E-state index in [1.807, 2.05) is 13.8 Å². The Morgan fingerprint density at radius 1 is 1.21 bits per heavy atom. The second kappa shape index (κ2) is 4.76. The molecule has 14 heavy (non-hydrogen) atoms. The first-order valence-corrected chi connectivity index (χ1v) is 4.69. The largest absolute Gasteiger partial charge is 0.382 e. The lowest BCUT2D eigenvalue weighted by molar-refractivity contribution is 0.868. The Balaban J connectivity index is 2.75. The molecule has 1 heterocycles. The fraction of sp³-hybridized carbons (Fsp3) is 0.556. The van der Waals surface area contributed by atoms with E-state index in [1.54, 1.807) is 0 Å². The van der Waals surface area contributed by atoms with Crippen LogP contribution in [0.5, 0.6) is 0 Å². The molecule has 0 saturated carbocycles. The quantitative estimate of drug-likeness (QED) is 0.606. The number of hydrogen-bond acceptors (Lipinski definition) is 5. The predicted octanol–water partition coefficient (Wildman–Crippen LogP) is 0.436. The van der Waals surface area contributed by atoms with Crippen molar-refractivity contribution in [1.29, 1.82) is 0 Å². The van der Waals surface area contributed by atoms with E-state index in [0.717, 1.165) is 30.0 Å². The summed E-state index contributed by atoms with van der Waals surface area (Å²) in [5.74, 6) is 0.323. The van der Waals surface area contributed by atoms with Gasteiger partial charge >= 0.3 is 0 Å². The van der Waals surface area contributed by atoms with E-state index >= 15 is 0 Å². The molecule has 0 bridgehead atoms. The van der Waals surface area contributed by atoms with Gasteiger partial charge in [-0.3, -0.25) is 0 Å². The van der Waals surface area contributed by atoms with E-state index in [0.29, 0.717) is 12.5 Å². The first-order valence-electron chi connectivity index (χ1n) is 4.69. The Morgan fingerprint density at radius 3 is 2.29 bits per heavy atom. The predicted molar refractivity (Wildman–Crippen MR) is 58.1 cm³/mol. The van der Waals surface area contributed by atoms with Crippen molar-refractivity contribution in [3.8, 4) is 0 Å². The fourth-order valence-electron chi connectivity index (χ4n) is 1.31. The molecule has 0 saturated heterocycles. The molecule has 0 unspecified atom stereocenters. The van der Waals surface area contributed by atoms with Gasteiger partial charge in [-0.1, -0.05) is 0 Å². The maximum atomic E-state index is 5.51. The van der Waals surface area contributed by atoms with Gasteiger partial charge in [-0.05, 0) is 26.8 Å². The van der Waals surface area contributed by atoms with Crippen molar-refractivity contribution >= 4 is 11.6 Å². The molecule has 0 amide bonds. The molecule has 1 rings (SSSR count). The number of hydrogen-bond donors (Lipinski definition) is 3. The number of nitrogens with zero attached hydrogens (tertiary/aromatic N) is 2. The highest BCUT2D eigenvalue weighted by Gasteiger charge is 2.05. The fourth-order valence-corrected chi connectivity index (χ4v) is 1.31. The standard InChI is InChI=1S/C9H17N5/c1-6-8(12-5-3-4-10)7(2)14-9(11)13-6/h12H,3-5,10H2,1-2H3,(H2,11,13,14). The zero-order valence-corrected chi connectivity index (χ0v) is 8.67. The van der Waals surface area contributed by atoms with Crippen molar-refractivity contribution in [2.75, 3.05) is 24.1 Å².